The van der Waals surface area contributed by atoms with Crippen molar-refractivity contribution in [2.24, 2.45) is 0 Å². The van der Waals surface area contributed by atoms with Crippen molar-refractivity contribution in [3.63, 3.8) is 0 Å². The highest BCUT2D eigenvalue weighted by Crippen LogP contribution is 2.32. The average molecular weight is 260 g/mol. The molecule has 0 aromatic heterocycles. The molecule has 18 heavy (non-hydrogen) atoms. The molecule has 0 spiro atoms. The smallest absolute Gasteiger partial charge is 0.176 e. The monoisotopic (exact) mass is 260 g/mol. The van der Waals surface area contributed by atoms with E-state index in [0.29, 0.717) is 4.90 Å². The van der Waals surface area contributed by atoms with Crippen LogP contribution in [-0.4, -0.2) is 14.7 Å². The lowest BCUT2D eigenvalue weighted by Gasteiger charge is -2.13. The first-order valence-electron chi connectivity index (χ1n) is 5.77. The third-order valence-electron chi connectivity index (χ3n) is 3.16. The molecule has 2 rings (SSSR count). The minimum Gasteiger partial charge on any atom is -0.224 e. The van der Waals surface area contributed by atoms with E-state index in [2.05, 4.69) is 0 Å². The Morgan fingerprint density at radius 2 is 1.50 bits per heavy atom. The molecule has 94 valence electrons. The summed E-state index contributed by atoms with van der Waals surface area (Å²) in [5.74, 6) is 0. The Balaban J connectivity index is 2.84. The maximum atomic E-state index is 11.9. The zero-order valence-corrected chi connectivity index (χ0v) is 11.6. The Morgan fingerprint density at radius 1 is 0.889 bits per heavy atom. The van der Waals surface area contributed by atoms with E-state index in [1.165, 1.54) is 6.26 Å². The molecule has 3 heteroatoms. The highest BCUT2D eigenvalue weighted by Gasteiger charge is 2.17. The largest absolute Gasteiger partial charge is 0.224 e. The Morgan fingerprint density at radius 3 is 2.06 bits per heavy atom. The molecule has 0 bridgehead atoms. The summed E-state index contributed by atoms with van der Waals surface area (Å²) in [7, 11) is -3.22. The minimum absolute atomic E-state index is 0.400. The third kappa shape index (κ3) is 2.31. The van der Waals surface area contributed by atoms with Crippen molar-refractivity contribution >= 4 is 9.84 Å². The van der Waals surface area contributed by atoms with Gasteiger partial charge in [0.25, 0.3) is 0 Å². The van der Waals surface area contributed by atoms with Crippen molar-refractivity contribution in [3.05, 3.63) is 53.6 Å². The third-order valence-corrected chi connectivity index (χ3v) is 4.30. The molecule has 0 saturated carbocycles. The topological polar surface area (TPSA) is 34.1 Å². The van der Waals surface area contributed by atoms with Gasteiger partial charge in [0.05, 0.1) is 4.90 Å². The summed E-state index contributed by atoms with van der Waals surface area (Å²) in [5.41, 5.74) is 3.88. The number of benzene rings is 2. The Hall–Kier alpha value is -1.61. The van der Waals surface area contributed by atoms with Crippen LogP contribution >= 0.6 is 0 Å². The lowest BCUT2D eigenvalue weighted by atomic mass is 9.97. The molecule has 2 aromatic rings. The van der Waals surface area contributed by atoms with Crippen LogP contribution in [0.3, 0.4) is 0 Å². The number of aryl methyl sites for hydroxylation is 1. The van der Waals surface area contributed by atoms with Gasteiger partial charge < -0.3 is 0 Å². The SMILES string of the molecule is Cc1ccc(S(C)(=O)=O)c(-c2ccccc2)c1C. The van der Waals surface area contributed by atoms with E-state index in [-0.39, 0.29) is 0 Å². The Bertz CT molecular complexity index is 671. The van der Waals surface area contributed by atoms with Crippen molar-refractivity contribution in [2.45, 2.75) is 18.7 Å². The van der Waals surface area contributed by atoms with Crippen LogP contribution in [0.2, 0.25) is 0 Å². The van der Waals surface area contributed by atoms with E-state index in [0.717, 1.165) is 22.3 Å². The zero-order valence-electron chi connectivity index (χ0n) is 10.8. The van der Waals surface area contributed by atoms with E-state index in [1.54, 1.807) is 6.07 Å². The van der Waals surface area contributed by atoms with E-state index < -0.39 is 9.84 Å². The van der Waals surface area contributed by atoms with Gasteiger partial charge in [-0.1, -0.05) is 36.4 Å². The number of sulfone groups is 1. The summed E-state index contributed by atoms with van der Waals surface area (Å²) in [5, 5.41) is 0. The fraction of sp³-hybridized carbons (Fsp3) is 0.200. The highest BCUT2D eigenvalue weighted by molar-refractivity contribution is 7.90. The molecule has 0 saturated heterocycles. The quantitative estimate of drug-likeness (QED) is 0.829. The molecular formula is C15H16O2S. The molecule has 0 fully saturated rings. The van der Waals surface area contributed by atoms with Gasteiger partial charge in [0, 0.05) is 11.8 Å². The second kappa shape index (κ2) is 4.58. The average Bonchev–Trinajstić information content (AvgIpc) is 2.32. The first kappa shape index (κ1) is 12.8. The Kier molecular flexibility index (Phi) is 3.26. The molecule has 0 unspecified atom stereocenters. The molecule has 0 heterocycles. The van der Waals surface area contributed by atoms with Crippen LogP contribution in [0.25, 0.3) is 11.1 Å². The highest BCUT2D eigenvalue weighted by atomic mass is 32.2. The van der Waals surface area contributed by atoms with Gasteiger partial charge in [-0.2, -0.15) is 0 Å². The van der Waals surface area contributed by atoms with E-state index >= 15 is 0 Å². The normalized spacial score (nSPS) is 11.5. The maximum absolute atomic E-state index is 11.9. The fourth-order valence-electron chi connectivity index (χ4n) is 2.06. The van der Waals surface area contributed by atoms with Crippen LogP contribution in [0.15, 0.2) is 47.4 Å². The molecule has 2 nitrogen and oxygen atoms in total. The first-order chi connectivity index (χ1) is 8.41. The molecule has 0 radical (unpaired) electrons. The van der Waals surface area contributed by atoms with Gasteiger partial charge in [-0.3, -0.25) is 0 Å². The summed E-state index contributed by atoms with van der Waals surface area (Å²) in [6.45, 7) is 3.96. The van der Waals surface area contributed by atoms with Gasteiger partial charge in [-0.05, 0) is 36.6 Å². The fourth-order valence-corrected chi connectivity index (χ4v) is 3.02. The van der Waals surface area contributed by atoms with Crippen molar-refractivity contribution in [3.8, 4) is 11.1 Å². The molecule has 0 atom stereocenters. The van der Waals surface area contributed by atoms with Crippen LogP contribution < -0.4 is 0 Å². The summed E-state index contributed by atoms with van der Waals surface area (Å²) in [4.78, 5) is 0.400. The standard InChI is InChI=1S/C15H16O2S/c1-11-9-10-14(18(3,16)17)15(12(11)2)13-7-5-4-6-8-13/h4-10H,1-3H3. The van der Waals surface area contributed by atoms with E-state index in [1.807, 2.05) is 50.2 Å². The van der Waals surface area contributed by atoms with Gasteiger partial charge in [-0.25, -0.2) is 8.42 Å². The van der Waals surface area contributed by atoms with Gasteiger partial charge in [0.15, 0.2) is 9.84 Å². The van der Waals surface area contributed by atoms with Gasteiger partial charge in [-0.15, -0.1) is 0 Å². The molecule has 0 aliphatic carbocycles. The maximum Gasteiger partial charge on any atom is 0.176 e. The van der Waals surface area contributed by atoms with E-state index in [9.17, 15) is 8.42 Å². The predicted octanol–water partition coefficient (Wildman–Crippen LogP) is 3.37. The van der Waals surface area contributed by atoms with Crippen LogP contribution in [-0.2, 0) is 9.84 Å². The van der Waals surface area contributed by atoms with E-state index in [4.69, 9.17) is 0 Å². The number of hydrogen-bond donors (Lipinski definition) is 0. The zero-order chi connectivity index (χ0) is 13.3. The molecule has 0 N–H and O–H groups in total. The summed E-state index contributed by atoms with van der Waals surface area (Å²) >= 11 is 0. The van der Waals surface area contributed by atoms with Crippen molar-refractivity contribution in [1.29, 1.82) is 0 Å². The molecule has 0 aliphatic heterocycles. The van der Waals surface area contributed by atoms with Gasteiger partial charge in [0.1, 0.15) is 0 Å². The van der Waals surface area contributed by atoms with Crippen molar-refractivity contribution < 1.29 is 8.42 Å². The molecular weight excluding hydrogens is 244 g/mol. The molecule has 0 aliphatic rings. The van der Waals surface area contributed by atoms with Crippen LogP contribution in [0.1, 0.15) is 11.1 Å². The predicted molar refractivity (Wildman–Crippen MR) is 74.5 cm³/mol. The van der Waals surface area contributed by atoms with Crippen LogP contribution in [0, 0.1) is 13.8 Å². The first-order valence-corrected chi connectivity index (χ1v) is 7.66. The van der Waals surface area contributed by atoms with Crippen molar-refractivity contribution in [2.75, 3.05) is 6.26 Å². The van der Waals surface area contributed by atoms with Crippen LogP contribution in [0.4, 0.5) is 0 Å². The Labute approximate surface area is 108 Å². The molecule has 2 aromatic carbocycles. The number of rotatable bonds is 2. The van der Waals surface area contributed by atoms with Gasteiger partial charge >= 0.3 is 0 Å². The minimum atomic E-state index is -3.22. The summed E-state index contributed by atoms with van der Waals surface area (Å²) < 4.78 is 23.8. The summed E-state index contributed by atoms with van der Waals surface area (Å²) in [6.07, 6.45) is 1.25. The molecule has 0 amide bonds. The lowest BCUT2D eigenvalue weighted by molar-refractivity contribution is 0.602. The van der Waals surface area contributed by atoms with Gasteiger partial charge in [0.2, 0.25) is 0 Å². The second-order valence-corrected chi connectivity index (χ2v) is 6.50. The van der Waals surface area contributed by atoms with Crippen LogP contribution in [0.5, 0.6) is 0 Å². The lowest BCUT2D eigenvalue weighted by Crippen LogP contribution is -2.02. The number of hydrogen-bond acceptors (Lipinski definition) is 2. The summed E-state index contributed by atoms with van der Waals surface area (Å²) in [6, 6.07) is 13.2. The second-order valence-electron chi connectivity index (χ2n) is 4.52. The van der Waals surface area contributed by atoms with Crippen molar-refractivity contribution in [1.82, 2.24) is 0 Å².